The molecule has 0 N–H and O–H groups in total. The van der Waals surface area contributed by atoms with Gasteiger partial charge in [-0.3, -0.25) is 0 Å². The quantitative estimate of drug-likeness (QED) is 0.483. The summed E-state index contributed by atoms with van der Waals surface area (Å²) in [6.07, 6.45) is 3.58. The molecule has 0 radical (unpaired) electrons. The van der Waals surface area contributed by atoms with Crippen LogP contribution in [0, 0.1) is 0 Å². The summed E-state index contributed by atoms with van der Waals surface area (Å²) >= 11 is 0. The number of rotatable bonds is 1. The van der Waals surface area contributed by atoms with Crippen LogP contribution in [0.4, 0.5) is 0 Å². The van der Waals surface area contributed by atoms with Gasteiger partial charge in [-0.2, -0.15) is 0 Å². The summed E-state index contributed by atoms with van der Waals surface area (Å²) < 4.78 is 0. The minimum absolute atomic E-state index is 1.17. The summed E-state index contributed by atoms with van der Waals surface area (Å²) in [5.74, 6) is 0. The predicted molar refractivity (Wildman–Crippen MR) is 102 cm³/mol. The normalized spacial score (nSPS) is 6.71. The second-order valence-corrected chi connectivity index (χ2v) is 3.18. The summed E-state index contributed by atoms with van der Waals surface area (Å²) in [6.45, 7) is 16.9. The van der Waals surface area contributed by atoms with Crippen LogP contribution in [-0.4, -0.2) is 0 Å². The van der Waals surface area contributed by atoms with Gasteiger partial charge in [0.15, 0.2) is 0 Å². The molecule has 0 aliphatic heterocycles. The van der Waals surface area contributed by atoms with E-state index in [4.69, 9.17) is 0 Å². The Bertz CT molecular complexity index is 347. The van der Waals surface area contributed by atoms with E-state index in [1.165, 1.54) is 5.56 Å². The molecule has 0 aliphatic carbocycles. The molecule has 0 amide bonds. The first-order valence-electron chi connectivity index (χ1n) is 7.59. The fourth-order valence-corrected chi connectivity index (χ4v) is 0.974. The maximum atomic E-state index is 3.63. The van der Waals surface area contributed by atoms with Crippen LogP contribution >= 0.6 is 0 Å². The van der Waals surface area contributed by atoms with Crippen molar-refractivity contribution in [3.05, 3.63) is 91.5 Å². The maximum absolute atomic E-state index is 3.63. The van der Waals surface area contributed by atoms with Gasteiger partial charge in [-0.1, -0.05) is 113 Å². The van der Waals surface area contributed by atoms with Crippen molar-refractivity contribution in [1.82, 2.24) is 0 Å². The van der Waals surface area contributed by atoms with Gasteiger partial charge in [-0.25, -0.2) is 0 Å². The highest BCUT2D eigenvalue weighted by molar-refractivity contribution is 5.45. The SMILES string of the molecule is C=CC.C=Cc1ccccc1.CC.CC.c1ccccc1. The van der Waals surface area contributed by atoms with E-state index in [1.54, 1.807) is 6.08 Å². The zero-order valence-electron chi connectivity index (χ0n) is 14.4. The summed E-state index contributed by atoms with van der Waals surface area (Å²) in [5.41, 5.74) is 1.17. The lowest BCUT2D eigenvalue weighted by Crippen LogP contribution is -1.63. The van der Waals surface area contributed by atoms with Gasteiger partial charge in [0.25, 0.3) is 0 Å². The van der Waals surface area contributed by atoms with Crippen molar-refractivity contribution in [1.29, 1.82) is 0 Å². The molecule has 0 unspecified atom stereocenters. The van der Waals surface area contributed by atoms with Crippen LogP contribution < -0.4 is 0 Å². The average molecular weight is 284 g/mol. The third-order valence-corrected chi connectivity index (χ3v) is 1.70. The van der Waals surface area contributed by atoms with Crippen LogP contribution in [-0.2, 0) is 0 Å². The van der Waals surface area contributed by atoms with Crippen molar-refractivity contribution in [2.75, 3.05) is 0 Å². The van der Waals surface area contributed by atoms with E-state index >= 15 is 0 Å². The van der Waals surface area contributed by atoms with Gasteiger partial charge in [0.05, 0.1) is 0 Å². The molecule has 0 fully saturated rings. The Morgan fingerprint density at radius 2 is 0.857 bits per heavy atom. The highest BCUT2D eigenvalue weighted by atomic mass is 13.8. The highest BCUT2D eigenvalue weighted by Gasteiger charge is 1.75. The Morgan fingerprint density at radius 3 is 1.05 bits per heavy atom. The Hall–Kier alpha value is -2.08. The predicted octanol–water partition coefficient (Wildman–Crippen LogP) is 7.26. The molecule has 0 saturated heterocycles. The van der Waals surface area contributed by atoms with E-state index in [2.05, 4.69) is 13.2 Å². The fourth-order valence-electron chi connectivity index (χ4n) is 0.974. The molecule has 21 heavy (non-hydrogen) atoms. The average Bonchev–Trinajstić information content (AvgIpc) is 2.62. The van der Waals surface area contributed by atoms with Gasteiger partial charge in [0, 0.05) is 0 Å². The fraction of sp³-hybridized carbons (Fsp3) is 0.238. The smallest absolute Gasteiger partial charge is 0.0263 e. The molecule has 0 saturated carbocycles. The van der Waals surface area contributed by atoms with Gasteiger partial charge in [-0.15, -0.1) is 6.58 Å². The van der Waals surface area contributed by atoms with Crippen molar-refractivity contribution in [3.63, 3.8) is 0 Å². The highest BCUT2D eigenvalue weighted by Crippen LogP contribution is 1.97. The molecular weight excluding hydrogens is 252 g/mol. The lowest BCUT2D eigenvalue weighted by atomic mass is 10.2. The Morgan fingerprint density at radius 1 is 0.619 bits per heavy atom. The third kappa shape index (κ3) is 23.4. The number of hydrogen-bond donors (Lipinski definition) is 0. The Labute approximate surface area is 132 Å². The van der Waals surface area contributed by atoms with Crippen LogP contribution in [0.3, 0.4) is 0 Å². The Kier molecular flexibility index (Phi) is 30.2. The first kappa shape index (κ1) is 24.0. The molecule has 116 valence electrons. The third-order valence-electron chi connectivity index (χ3n) is 1.70. The lowest BCUT2D eigenvalue weighted by molar-refractivity contribution is 1.50. The molecule has 0 heterocycles. The van der Waals surface area contributed by atoms with E-state index in [0.29, 0.717) is 0 Å². The van der Waals surface area contributed by atoms with Crippen molar-refractivity contribution >= 4 is 6.08 Å². The summed E-state index contributed by atoms with van der Waals surface area (Å²) in [5, 5.41) is 0. The standard InChI is InChI=1S/C8H8.C6H6.C3H6.2C2H6/c1-2-8-6-4-3-5-7-8;1-2-4-6-5-3-1;1-3-2;2*1-2/h2-7H,1H2;1-6H;3H,1H2,2H3;2*1-2H3. The van der Waals surface area contributed by atoms with E-state index in [-0.39, 0.29) is 0 Å². The molecule has 0 heteroatoms. The number of benzene rings is 2. The Balaban J connectivity index is -0.000000222. The first-order valence-corrected chi connectivity index (χ1v) is 7.59. The molecule has 0 atom stereocenters. The van der Waals surface area contributed by atoms with Gasteiger partial charge in [-0.05, 0) is 12.5 Å². The van der Waals surface area contributed by atoms with Crippen molar-refractivity contribution in [3.8, 4) is 0 Å². The minimum atomic E-state index is 1.17. The summed E-state index contributed by atoms with van der Waals surface area (Å²) in [7, 11) is 0. The zero-order chi connectivity index (χ0) is 16.8. The zero-order valence-corrected chi connectivity index (χ0v) is 14.4. The van der Waals surface area contributed by atoms with Crippen molar-refractivity contribution < 1.29 is 0 Å². The minimum Gasteiger partial charge on any atom is -0.103 e. The lowest BCUT2D eigenvalue weighted by Gasteiger charge is -1.85. The van der Waals surface area contributed by atoms with E-state index in [9.17, 15) is 0 Å². The van der Waals surface area contributed by atoms with Crippen molar-refractivity contribution in [2.24, 2.45) is 0 Å². The molecule has 0 bridgehead atoms. The van der Waals surface area contributed by atoms with Crippen LogP contribution in [0.15, 0.2) is 86.0 Å². The van der Waals surface area contributed by atoms with Gasteiger partial charge >= 0.3 is 0 Å². The number of hydrogen-bond acceptors (Lipinski definition) is 0. The molecule has 0 aliphatic rings. The second kappa shape index (κ2) is 26.5. The number of allylic oxidation sites excluding steroid dienone is 1. The second-order valence-electron chi connectivity index (χ2n) is 3.18. The van der Waals surface area contributed by atoms with Gasteiger partial charge in [0.2, 0.25) is 0 Å². The summed E-state index contributed by atoms with van der Waals surface area (Å²) in [4.78, 5) is 0. The molecule has 2 aromatic rings. The van der Waals surface area contributed by atoms with Crippen molar-refractivity contribution in [2.45, 2.75) is 34.6 Å². The molecule has 0 spiro atoms. The van der Waals surface area contributed by atoms with Crippen LogP contribution in [0.1, 0.15) is 40.2 Å². The van der Waals surface area contributed by atoms with E-state index in [0.717, 1.165) is 0 Å². The first-order chi connectivity index (χ1) is 10.3. The molecule has 0 nitrogen and oxygen atoms in total. The molecular formula is C21H32. The van der Waals surface area contributed by atoms with Gasteiger partial charge < -0.3 is 0 Å². The van der Waals surface area contributed by atoms with Crippen LogP contribution in [0.2, 0.25) is 0 Å². The monoisotopic (exact) mass is 284 g/mol. The van der Waals surface area contributed by atoms with E-state index in [1.807, 2.05) is 107 Å². The molecule has 0 aromatic heterocycles. The summed E-state index contributed by atoms with van der Waals surface area (Å²) in [6, 6.07) is 22.0. The molecule has 2 rings (SSSR count). The van der Waals surface area contributed by atoms with Gasteiger partial charge in [0.1, 0.15) is 0 Å². The largest absolute Gasteiger partial charge is 0.103 e. The van der Waals surface area contributed by atoms with Crippen LogP contribution in [0.25, 0.3) is 6.08 Å². The maximum Gasteiger partial charge on any atom is -0.0263 e. The van der Waals surface area contributed by atoms with Crippen LogP contribution in [0.5, 0.6) is 0 Å². The molecule has 2 aromatic carbocycles. The van der Waals surface area contributed by atoms with E-state index < -0.39 is 0 Å². The topological polar surface area (TPSA) is 0 Å².